The Hall–Kier alpha value is -5.05. The van der Waals surface area contributed by atoms with Crippen molar-refractivity contribution in [1.82, 2.24) is 25.1 Å². The van der Waals surface area contributed by atoms with E-state index in [1.165, 1.54) is 12.1 Å². The number of nitrogens with one attached hydrogen (secondary N) is 3. The van der Waals surface area contributed by atoms with Crippen molar-refractivity contribution in [1.29, 1.82) is 0 Å². The maximum atomic E-state index is 14.0. The molecule has 1 saturated carbocycles. The Balaban J connectivity index is 1.29. The number of phenols is 1. The number of fused-ring (bicyclic) bond motifs is 2. The fourth-order valence-corrected chi connectivity index (χ4v) is 4.79. The summed E-state index contributed by atoms with van der Waals surface area (Å²) in [6.07, 6.45) is 6.94. The van der Waals surface area contributed by atoms with E-state index in [1.807, 2.05) is 30.3 Å². The van der Waals surface area contributed by atoms with Crippen molar-refractivity contribution in [3.63, 3.8) is 0 Å². The van der Waals surface area contributed by atoms with Crippen LogP contribution in [0.25, 0.3) is 55.6 Å². The van der Waals surface area contributed by atoms with Gasteiger partial charge in [0.25, 0.3) is 0 Å². The van der Waals surface area contributed by atoms with Gasteiger partial charge in [-0.25, -0.2) is 9.37 Å². The Labute approximate surface area is 215 Å². The summed E-state index contributed by atoms with van der Waals surface area (Å²) in [4.78, 5) is 24.3. The number of pyridine rings is 2. The van der Waals surface area contributed by atoms with Gasteiger partial charge in [-0.3, -0.25) is 14.9 Å². The van der Waals surface area contributed by atoms with E-state index in [9.17, 15) is 14.3 Å². The van der Waals surface area contributed by atoms with Crippen LogP contribution >= 0.6 is 0 Å². The number of carbonyl (C=O) groups is 1. The van der Waals surface area contributed by atoms with E-state index >= 15 is 0 Å². The summed E-state index contributed by atoms with van der Waals surface area (Å²) in [5, 5.41) is 22.2. The number of phenolic OH excluding ortho intramolecular Hbond substituents is 1. The van der Waals surface area contributed by atoms with Crippen molar-refractivity contribution >= 4 is 33.5 Å². The van der Waals surface area contributed by atoms with Gasteiger partial charge in [0.05, 0.1) is 23.1 Å². The van der Waals surface area contributed by atoms with Crippen molar-refractivity contribution in [3.05, 3.63) is 79.0 Å². The molecule has 1 amide bonds. The number of nitrogens with zero attached hydrogens (tertiary/aromatic N) is 3. The van der Waals surface area contributed by atoms with Crippen molar-refractivity contribution < 1.29 is 14.3 Å². The van der Waals surface area contributed by atoms with E-state index in [4.69, 9.17) is 0 Å². The third-order valence-corrected chi connectivity index (χ3v) is 6.83. The molecular weight excluding hydrogens is 483 g/mol. The molecule has 186 valence electrons. The molecule has 0 unspecified atom stereocenters. The predicted molar refractivity (Wildman–Crippen MR) is 143 cm³/mol. The highest BCUT2D eigenvalue weighted by Crippen LogP contribution is 2.36. The molecule has 0 atom stereocenters. The predicted octanol–water partition coefficient (Wildman–Crippen LogP) is 6.03. The molecule has 4 aromatic heterocycles. The Kier molecular flexibility index (Phi) is 4.97. The Morgan fingerprint density at radius 3 is 2.71 bits per heavy atom. The quantitative estimate of drug-likeness (QED) is 0.229. The van der Waals surface area contributed by atoms with Crippen LogP contribution < -0.4 is 5.32 Å². The first kappa shape index (κ1) is 22.2. The number of rotatable bonds is 5. The minimum atomic E-state index is -0.516. The summed E-state index contributed by atoms with van der Waals surface area (Å²) < 4.78 is 14.0. The first-order valence-corrected chi connectivity index (χ1v) is 12.2. The smallest absolute Gasteiger partial charge is 0.227 e. The maximum absolute atomic E-state index is 14.0. The number of hydrogen-bond acceptors (Lipinski definition) is 5. The molecular formula is C29H21FN6O2. The number of H-pyrrole nitrogens is 2. The number of aromatic nitrogens is 5. The second-order valence-electron chi connectivity index (χ2n) is 9.56. The topological polar surface area (TPSA) is 120 Å². The van der Waals surface area contributed by atoms with Crippen LogP contribution in [0.5, 0.6) is 5.75 Å². The van der Waals surface area contributed by atoms with Crippen LogP contribution in [0.4, 0.5) is 10.1 Å². The standard InChI is InChI=1S/C29H21FN6O2/c30-19-7-17(9-21(37)11-19)22-5-6-32-28-23(22)12-26(34-28)27-24-10-16(3-4-25(24)35-36-27)18-8-20(14-31-13-18)33-29(38)15-1-2-15/h3-15,37H,1-2H2,(H,32,34)(H,33,38)(H,35,36). The SMILES string of the molecule is O=C(Nc1cncc(-c2ccc3[nH]nc(-c4cc5c(-c6cc(O)cc(F)c6)ccnc5[nH]4)c3c2)c1)C1CC1. The molecule has 1 aliphatic carbocycles. The highest BCUT2D eigenvalue weighted by atomic mass is 19.1. The van der Waals surface area contributed by atoms with Crippen LogP contribution in [0.1, 0.15) is 12.8 Å². The third kappa shape index (κ3) is 3.94. The molecule has 4 heterocycles. The van der Waals surface area contributed by atoms with Crippen LogP contribution in [-0.2, 0) is 4.79 Å². The summed E-state index contributed by atoms with van der Waals surface area (Å²) >= 11 is 0. The summed E-state index contributed by atoms with van der Waals surface area (Å²) in [5.74, 6) is -0.507. The molecule has 6 aromatic rings. The van der Waals surface area contributed by atoms with Gasteiger partial charge in [-0.05, 0) is 72.0 Å². The monoisotopic (exact) mass is 504 g/mol. The number of carbonyl (C=O) groups excluding carboxylic acids is 1. The van der Waals surface area contributed by atoms with Gasteiger partial charge in [0.15, 0.2) is 0 Å². The van der Waals surface area contributed by atoms with Crippen molar-refractivity contribution in [2.24, 2.45) is 5.92 Å². The van der Waals surface area contributed by atoms with Gasteiger partial charge in [-0.1, -0.05) is 6.07 Å². The summed E-state index contributed by atoms with van der Waals surface area (Å²) in [7, 11) is 0. The lowest BCUT2D eigenvalue weighted by Gasteiger charge is -2.07. The molecule has 0 radical (unpaired) electrons. The average Bonchev–Trinajstić information content (AvgIpc) is 3.54. The van der Waals surface area contributed by atoms with Crippen molar-refractivity contribution in [2.75, 3.05) is 5.32 Å². The average molecular weight is 505 g/mol. The normalized spacial score (nSPS) is 13.3. The first-order chi connectivity index (χ1) is 18.5. The van der Waals surface area contributed by atoms with Gasteiger partial charge in [-0.2, -0.15) is 5.10 Å². The lowest BCUT2D eigenvalue weighted by Crippen LogP contribution is -2.13. The number of anilines is 1. The fourth-order valence-electron chi connectivity index (χ4n) is 4.79. The number of halogens is 1. The van der Waals surface area contributed by atoms with Crippen LogP contribution in [0.15, 0.2) is 73.2 Å². The molecule has 0 aliphatic heterocycles. The number of hydrogen-bond donors (Lipinski definition) is 4. The summed E-state index contributed by atoms with van der Waals surface area (Å²) in [5.41, 5.74) is 6.70. The van der Waals surface area contributed by atoms with E-state index in [0.29, 0.717) is 22.6 Å². The van der Waals surface area contributed by atoms with Gasteiger partial charge in [0.2, 0.25) is 5.91 Å². The van der Waals surface area contributed by atoms with Gasteiger partial charge in [0, 0.05) is 40.7 Å². The minimum Gasteiger partial charge on any atom is -0.508 e. The molecule has 2 aromatic carbocycles. The Bertz CT molecular complexity index is 1850. The summed E-state index contributed by atoms with van der Waals surface area (Å²) in [6.45, 7) is 0. The zero-order valence-corrected chi connectivity index (χ0v) is 20.0. The first-order valence-electron chi connectivity index (χ1n) is 12.2. The molecule has 0 spiro atoms. The molecule has 7 rings (SSSR count). The van der Waals surface area contributed by atoms with Crippen molar-refractivity contribution in [3.8, 4) is 39.4 Å². The summed E-state index contributed by atoms with van der Waals surface area (Å²) in [6, 6.07) is 15.6. The molecule has 1 aliphatic rings. The molecule has 4 N–H and O–H groups in total. The van der Waals surface area contributed by atoms with Crippen LogP contribution in [0.2, 0.25) is 0 Å². The number of amides is 1. The number of benzene rings is 2. The Morgan fingerprint density at radius 2 is 1.87 bits per heavy atom. The van der Waals surface area contributed by atoms with Crippen molar-refractivity contribution in [2.45, 2.75) is 12.8 Å². The zero-order valence-electron chi connectivity index (χ0n) is 20.0. The van der Waals surface area contributed by atoms with E-state index in [0.717, 1.165) is 57.6 Å². The van der Waals surface area contributed by atoms with Gasteiger partial charge < -0.3 is 15.4 Å². The van der Waals surface area contributed by atoms with Crippen LogP contribution in [0, 0.1) is 11.7 Å². The highest BCUT2D eigenvalue weighted by molar-refractivity contribution is 6.01. The molecule has 8 nitrogen and oxygen atoms in total. The van der Waals surface area contributed by atoms with Gasteiger partial charge in [-0.15, -0.1) is 0 Å². The number of aromatic hydroxyl groups is 1. The number of aromatic amines is 2. The highest BCUT2D eigenvalue weighted by Gasteiger charge is 2.29. The maximum Gasteiger partial charge on any atom is 0.227 e. The van der Waals surface area contributed by atoms with Crippen LogP contribution in [-0.4, -0.2) is 36.2 Å². The molecule has 0 saturated heterocycles. The molecule has 38 heavy (non-hydrogen) atoms. The molecule has 0 bridgehead atoms. The Morgan fingerprint density at radius 1 is 0.974 bits per heavy atom. The fraction of sp³-hybridized carbons (Fsp3) is 0.103. The van der Waals surface area contributed by atoms with Gasteiger partial charge >= 0.3 is 0 Å². The lowest BCUT2D eigenvalue weighted by atomic mass is 10.0. The van der Waals surface area contributed by atoms with E-state index < -0.39 is 5.82 Å². The van der Waals surface area contributed by atoms with E-state index in [1.54, 1.807) is 24.7 Å². The third-order valence-electron chi connectivity index (χ3n) is 6.83. The van der Waals surface area contributed by atoms with E-state index in [2.05, 4.69) is 30.5 Å². The van der Waals surface area contributed by atoms with E-state index in [-0.39, 0.29) is 17.6 Å². The largest absolute Gasteiger partial charge is 0.508 e. The minimum absolute atomic E-state index is 0.0387. The molecule has 9 heteroatoms. The zero-order chi connectivity index (χ0) is 25.8. The molecule has 1 fully saturated rings. The second kappa shape index (κ2) is 8.52. The second-order valence-corrected chi connectivity index (χ2v) is 9.56. The van der Waals surface area contributed by atoms with Crippen LogP contribution in [0.3, 0.4) is 0 Å². The lowest BCUT2D eigenvalue weighted by molar-refractivity contribution is -0.117. The van der Waals surface area contributed by atoms with Gasteiger partial charge in [0.1, 0.15) is 22.9 Å².